The molecule has 0 bridgehead atoms. The van der Waals surface area contributed by atoms with Gasteiger partial charge in [-0.05, 0) is 25.0 Å². The molecule has 18 heavy (non-hydrogen) atoms. The van der Waals surface area contributed by atoms with Crippen LogP contribution in [0, 0.1) is 12.8 Å². The molecule has 0 radical (unpaired) electrons. The Hall–Kier alpha value is -1.88. The molecule has 1 atom stereocenters. The largest absolute Gasteiger partial charge is 0.340 e. The Morgan fingerprint density at radius 2 is 1.94 bits per heavy atom. The first-order chi connectivity index (χ1) is 8.45. The third-order valence-electron chi connectivity index (χ3n) is 2.66. The van der Waals surface area contributed by atoms with Gasteiger partial charge in [-0.1, -0.05) is 31.5 Å². The topological polar surface area (TPSA) is 84.2 Å². The molecular weight excluding hydrogens is 230 g/mol. The average Bonchev–Trinajstić information content (AvgIpc) is 2.34. The van der Waals surface area contributed by atoms with Crippen molar-refractivity contribution >= 4 is 11.8 Å². The molecule has 1 unspecified atom stereocenters. The lowest BCUT2D eigenvalue weighted by Gasteiger charge is -2.20. The van der Waals surface area contributed by atoms with Crippen LogP contribution >= 0.6 is 0 Å². The summed E-state index contributed by atoms with van der Waals surface area (Å²) in [6, 6.07) is 6.55. The van der Waals surface area contributed by atoms with E-state index in [0.717, 1.165) is 5.56 Å². The normalized spacial score (nSPS) is 12.1. The number of rotatable bonds is 4. The predicted molar refractivity (Wildman–Crippen MR) is 69.6 cm³/mol. The van der Waals surface area contributed by atoms with Crippen LogP contribution in [-0.2, 0) is 4.79 Å². The van der Waals surface area contributed by atoms with Gasteiger partial charge in [0.05, 0.1) is 0 Å². The van der Waals surface area contributed by atoms with Gasteiger partial charge in [-0.2, -0.15) is 0 Å². The summed E-state index contributed by atoms with van der Waals surface area (Å²) in [4.78, 5) is 23.5. The van der Waals surface area contributed by atoms with Crippen LogP contribution < -0.4 is 16.6 Å². The summed E-state index contributed by atoms with van der Waals surface area (Å²) in [5.74, 6) is 4.38. The quantitative estimate of drug-likeness (QED) is 0.418. The Bertz CT molecular complexity index is 444. The van der Waals surface area contributed by atoms with Crippen LogP contribution in [0.15, 0.2) is 24.3 Å². The van der Waals surface area contributed by atoms with Crippen molar-refractivity contribution < 1.29 is 9.59 Å². The number of carbonyl (C=O) groups is 2. The van der Waals surface area contributed by atoms with Crippen LogP contribution in [0.4, 0.5) is 0 Å². The van der Waals surface area contributed by atoms with Gasteiger partial charge in [-0.15, -0.1) is 0 Å². The second-order valence-corrected chi connectivity index (χ2v) is 4.57. The molecule has 0 saturated carbocycles. The van der Waals surface area contributed by atoms with Gasteiger partial charge in [-0.3, -0.25) is 15.0 Å². The van der Waals surface area contributed by atoms with Crippen molar-refractivity contribution in [3.05, 3.63) is 35.4 Å². The van der Waals surface area contributed by atoms with Gasteiger partial charge in [0.1, 0.15) is 6.04 Å². The number of amides is 2. The van der Waals surface area contributed by atoms with Gasteiger partial charge in [0.15, 0.2) is 0 Å². The van der Waals surface area contributed by atoms with E-state index in [2.05, 4.69) is 10.7 Å². The van der Waals surface area contributed by atoms with E-state index >= 15 is 0 Å². The summed E-state index contributed by atoms with van der Waals surface area (Å²) in [6.07, 6.45) is 0. The highest BCUT2D eigenvalue weighted by atomic mass is 16.2. The molecule has 1 rings (SSSR count). The maximum atomic E-state index is 12.0. The Kier molecular flexibility index (Phi) is 4.85. The van der Waals surface area contributed by atoms with E-state index < -0.39 is 11.9 Å². The van der Waals surface area contributed by atoms with Gasteiger partial charge in [0.25, 0.3) is 11.8 Å². The first kappa shape index (κ1) is 14.2. The number of nitrogens with two attached hydrogens (primary N) is 1. The average molecular weight is 249 g/mol. The molecule has 0 aliphatic carbocycles. The van der Waals surface area contributed by atoms with Crippen LogP contribution in [0.5, 0.6) is 0 Å². The van der Waals surface area contributed by atoms with Crippen molar-refractivity contribution in [2.75, 3.05) is 0 Å². The van der Waals surface area contributed by atoms with Crippen molar-refractivity contribution in [3.63, 3.8) is 0 Å². The summed E-state index contributed by atoms with van der Waals surface area (Å²) < 4.78 is 0. The Balaban J connectivity index is 2.82. The molecular formula is C13H19N3O2. The number of hydrogen-bond donors (Lipinski definition) is 3. The lowest BCUT2D eigenvalue weighted by molar-refractivity contribution is -0.124. The highest BCUT2D eigenvalue weighted by Gasteiger charge is 2.23. The van der Waals surface area contributed by atoms with Crippen LogP contribution in [0.3, 0.4) is 0 Å². The van der Waals surface area contributed by atoms with E-state index in [1.54, 1.807) is 18.2 Å². The lowest BCUT2D eigenvalue weighted by Crippen LogP contribution is -2.51. The van der Waals surface area contributed by atoms with Crippen molar-refractivity contribution in [2.45, 2.75) is 26.8 Å². The molecule has 0 fully saturated rings. The molecule has 98 valence electrons. The minimum atomic E-state index is -0.636. The smallest absolute Gasteiger partial charge is 0.256 e. The van der Waals surface area contributed by atoms with E-state index in [4.69, 9.17) is 5.84 Å². The Morgan fingerprint density at radius 1 is 1.28 bits per heavy atom. The third kappa shape index (κ3) is 3.56. The maximum absolute atomic E-state index is 12.0. The molecule has 0 heterocycles. The van der Waals surface area contributed by atoms with Crippen LogP contribution in [-0.4, -0.2) is 17.9 Å². The summed E-state index contributed by atoms with van der Waals surface area (Å²) in [6.45, 7) is 5.59. The molecule has 2 amide bonds. The minimum absolute atomic E-state index is 0.0395. The SMILES string of the molecule is Cc1cccc(C(=O)NC(C(=O)NN)C(C)C)c1. The molecule has 0 aromatic heterocycles. The van der Waals surface area contributed by atoms with Gasteiger partial charge >= 0.3 is 0 Å². The first-order valence-corrected chi connectivity index (χ1v) is 5.83. The molecule has 0 aliphatic heterocycles. The molecule has 1 aromatic rings. The summed E-state index contributed by atoms with van der Waals surface area (Å²) >= 11 is 0. The van der Waals surface area contributed by atoms with E-state index in [0.29, 0.717) is 5.56 Å². The van der Waals surface area contributed by atoms with E-state index in [-0.39, 0.29) is 11.8 Å². The predicted octanol–water partition coefficient (Wildman–Crippen LogP) is 0.739. The van der Waals surface area contributed by atoms with Gasteiger partial charge < -0.3 is 5.32 Å². The van der Waals surface area contributed by atoms with Crippen molar-refractivity contribution in [1.29, 1.82) is 0 Å². The molecule has 5 nitrogen and oxygen atoms in total. The van der Waals surface area contributed by atoms with Gasteiger partial charge in [-0.25, -0.2) is 5.84 Å². The standard InChI is InChI=1S/C13H19N3O2/c1-8(2)11(13(18)16-14)15-12(17)10-6-4-5-9(3)7-10/h4-8,11H,14H2,1-3H3,(H,15,17)(H,16,18). The molecule has 4 N–H and O–H groups in total. The fraction of sp³-hybridized carbons (Fsp3) is 0.385. The zero-order valence-electron chi connectivity index (χ0n) is 10.9. The van der Waals surface area contributed by atoms with E-state index in [1.165, 1.54) is 0 Å². The second kappa shape index (κ2) is 6.16. The molecule has 0 spiro atoms. The van der Waals surface area contributed by atoms with Crippen LogP contribution in [0.25, 0.3) is 0 Å². The van der Waals surface area contributed by atoms with Crippen molar-refractivity contribution in [1.82, 2.24) is 10.7 Å². The highest BCUT2D eigenvalue weighted by molar-refractivity contribution is 5.97. The third-order valence-corrected chi connectivity index (χ3v) is 2.66. The first-order valence-electron chi connectivity index (χ1n) is 5.83. The zero-order chi connectivity index (χ0) is 13.7. The van der Waals surface area contributed by atoms with Crippen LogP contribution in [0.1, 0.15) is 29.8 Å². The number of benzene rings is 1. The highest BCUT2D eigenvalue weighted by Crippen LogP contribution is 2.07. The Labute approximate surface area is 107 Å². The number of hydrazine groups is 1. The molecule has 1 aromatic carbocycles. The number of nitrogens with one attached hydrogen (secondary N) is 2. The van der Waals surface area contributed by atoms with Crippen molar-refractivity contribution in [2.24, 2.45) is 11.8 Å². The molecule has 0 saturated heterocycles. The monoisotopic (exact) mass is 249 g/mol. The summed E-state index contributed by atoms with van der Waals surface area (Å²) in [5.41, 5.74) is 3.59. The maximum Gasteiger partial charge on any atom is 0.256 e. The fourth-order valence-corrected chi connectivity index (χ4v) is 1.64. The van der Waals surface area contributed by atoms with Crippen molar-refractivity contribution in [3.8, 4) is 0 Å². The molecule has 5 heteroatoms. The lowest BCUT2D eigenvalue weighted by atomic mass is 10.0. The zero-order valence-corrected chi connectivity index (χ0v) is 10.9. The number of carbonyl (C=O) groups excluding carboxylic acids is 2. The summed E-state index contributed by atoms with van der Waals surface area (Å²) in [5, 5.41) is 2.68. The molecule has 0 aliphatic rings. The minimum Gasteiger partial charge on any atom is -0.340 e. The number of aryl methyl sites for hydroxylation is 1. The van der Waals surface area contributed by atoms with E-state index in [1.807, 2.05) is 26.8 Å². The van der Waals surface area contributed by atoms with Gasteiger partial charge in [0, 0.05) is 5.56 Å². The van der Waals surface area contributed by atoms with Crippen LogP contribution in [0.2, 0.25) is 0 Å². The number of hydrogen-bond acceptors (Lipinski definition) is 3. The van der Waals surface area contributed by atoms with Gasteiger partial charge in [0.2, 0.25) is 0 Å². The fourth-order valence-electron chi connectivity index (χ4n) is 1.64. The summed E-state index contributed by atoms with van der Waals surface area (Å²) in [7, 11) is 0. The van der Waals surface area contributed by atoms with E-state index in [9.17, 15) is 9.59 Å². The second-order valence-electron chi connectivity index (χ2n) is 4.57. The Morgan fingerprint density at radius 3 is 2.44 bits per heavy atom.